The van der Waals surface area contributed by atoms with Crippen LogP contribution in [0.1, 0.15) is 42.7 Å². The van der Waals surface area contributed by atoms with Crippen LogP contribution >= 0.6 is 0 Å². The van der Waals surface area contributed by atoms with Gasteiger partial charge in [-0.2, -0.15) is 0 Å². The number of H-pyrrole nitrogens is 1. The molecule has 11 nitrogen and oxygen atoms in total. The predicted octanol–water partition coefficient (Wildman–Crippen LogP) is 5.25. The molecule has 0 radical (unpaired) electrons. The number of benzene rings is 3. The quantitative estimate of drug-likeness (QED) is 0.157. The lowest BCUT2D eigenvalue weighted by atomic mass is 9.98. The topological polar surface area (TPSA) is 134 Å². The molecule has 0 fully saturated rings. The number of methoxy groups -OCH3 is 1. The molecule has 0 bridgehead atoms. The molecule has 0 unspecified atom stereocenters. The van der Waals surface area contributed by atoms with Gasteiger partial charge < -0.3 is 9.57 Å². The highest BCUT2D eigenvalue weighted by atomic mass is 16.6. The molecule has 2 heterocycles. The Labute approximate surface area is 265 Å². The van der Waals surface area contributed by atoms with Gasteiger partial charge in [-0.15, -0.1) is 0 Å². The maximum atomic E-state index is 14.0. The number of allylic oxidation sites excluding steroid dienone is 1. The average molecular weight is 622 g/mol. The van der Waals surface area contributed by atoms with Crippen molar-refractivity contribution in [1.82, 2.24) is 19.3 Å². The van der Waals surface area contributed by atoms with E-state index in [1.54, 1.807) is 42.9 Å². The maximum Gasteiger partial charge on any atom is 0.439 e. The van der Waals surface area contributed by atoms with Crippen LogP contribution in [0.4, 0.5) is 0 Å². The summed E-state index contributed by atoms with van der Waals surface area (Å²) in [6, 6.07) is 22.4. The number of hydrogen-bond donors (Lipinski definition) is 1. The molecule has 0 spiro atoms. The summed E-state index contributed by atoms with van der Waals surface area (Å²) in [5.41, 5.74) is 5.57. The minimum Gasteiger partial charge on any atom is -0.497 e. The zero-order valence-corrected chi connectivity index (χ0v) is 26.4. The van der Waals surface area contributed by atoms with Gasteiger partial charge in [-0.1, -0.05) is 71.3 Å². The van der Waals surface area contributed by atoms with Gasteiger partial charge in [-0.25, -0.2) is 9.59 Å². The Hall–Kier alpha value is -5.71. The Morgan fingerprint density at radius 1 is 0.957 bits per heavy atom. The minimum atomic E-state index is -0.629. The van der Waals surface area contributed by atoms with E-state index in [9.17, 15) is 14.4 Å². The first-order valence-corrected chi connectivity index (χ1v) is 14.7. The van der Waals surface area contributed by atoms with E-state index in [0.717, 1.165) is 28.7 Å². The molecule has 5 aromatic rings. The Bertz CT molecular complexity index is 2080. The number of ether oxygens (including phenoxy) is 1. The SMILES string of the molecule is CC/C(C)=C/c1c(C)n(Cc2ccc(-c3ccccc3-c3noc(=O)[nH]3)cc2)c(=O)n(C/C(=N/OC)c2ccc(OC)cc2)c1=O. The van der Waals surface area contributed by atoms with Gasteiger partial charge in [-0.05, 0) is 67.3 Å². The third-order valence-electron chi connectivity index (χ3n) is 7.84. The lowest BCUT2D eigenvalue weighted by Gasteiger charge is -2.17. The molecule has 2 aromatic heterocycles. The van der Waals surface area contributed by atoms with Crippen LogP contribution in [-0.2, 0) is 17.9 Å². The Kier molecular flexibility index (Phi) is 9.61. The zero-order valence-electron chi connectivity index (χ0n) is 26.4. The summed E-state index contributed by atoms with van der Waals surface area (Å²) in [5.74, 6) is 0.374. The normalized spacial score (nSPS) is 11.9. The zero-order chi connectivity index (χ0) is 32.8. The summed E-state index contributed by atoms with van der Waals surface area (Å²) in [5, 5.41) is 8.00. The van der Waals surface area contributed by atoms with Gasteiger partial charge in [0.25, 0.3) is 5.56 Å². The second kappa shape index (κ2) is 13.9. The number of aromatic nitrogens is 4. The maximum absolute atomic E-state index is 14.0. The fraction of sp³-hybridized carbons (Fsp3) is 0.229. The average Bonchev–Trinajstić information content (AvgIpc) is 3.52. The molecule has 236 valence electrons. The van der Waals surface area contributed by atoms with E-state index in [1.165, 1.54) is 11.7 Å². The molecular weight excluding hydrogens is 586 g/mol. The van der Waals surface area contributed by atoms with Crippen LogP contribution in [0.15, 0.2) is 102 Å². The minimum absolute atomic E-state index is 0.0933. The largest absolute Gasteiger partial charge is 0.497 e. The second-order valence-corrected chi connectivity index (χ2v) is 10.7. The molecule has 46 heavy (non-hydrogen) atoms. The standard InChI is InChI=1S/C35H35N5O6/c1-6-22(2)19-30-23(3)39(35(43)40(33(30)41)21-31(37-45-5)26-15-17-27(44-4)18-16-26)20-24-11-13-25(14-12-24)28-9-7-8-10-29(28)32-36-34(42)46-38-32/h7-19H,6,20-21H2,1-5H3,(H,36,38,42)/b22-19+,37-31-. The lowest BCUT2D eigenvalue weighted by Crippen LogP contribution is -2.44. The Morgan fingerprint density at radius 2 is 1.65 bits per heavy atom. The number of rotatable bonds is 11. The van der Waals surface area contributed by atoms with E-state index in [0.29, 0.717) is 39.7 Å². The molecule has 3 aromatic carbocycles. The monoisotopic (exact) mass is 621 g/mol. The van der Waals surface area contributed by atoms with E-state index in [1.807, 2.05) is 68.5 Å². The number of nitrogens with zero attached hydrogens (tertiary/aromatic N) is 4. The molecule has 0 aliphatic rings. The molecule has 0 amide bonds. The van der Waals surface area contributed by atoms with Crippen molar-refractivity contribution in [3.63, 3.8) is 0 Å². The van der Waals surface area contributed by atoms with Gasteiger partial charge in [0.05, 0.1) is 25.8 Å². The van der Waals surface area contributed by atoms with Crippen molar-refractivity contribution in [2.24, 2.45) is 5.16 Å². The van der Waals surface area contributed by atoms with E-state index in [-0.39, 0.29) is 13.1 Å². The van der Waals surface area contributed by atoms with E-state index in [4.69, 9.17) is 14.1 Å². The molecule has 0 saturated heterocycles. The van der Waals surface area contributed by atoms with Crippen LogP contribution in [0, 0.1) is 6.92 Å². The van der Waals surface area contributed by atoms with Gasteiger partial charge in [0, 0.05) is 16.8 Å². The smallest absolute Gasteiger partial charge is 0.439 e. The van der Waals surface area contributed by atoms with Crippen molar-refractivity contribution >= 4 is 11.8 Å². The van der Waals surface area contributed by atoms with Crippen LogP contribution in [0.2, 0.25) is 0 Å². The highest BCUT2D eigenvalue weighted by Crippen LogP contribution is 2.30. The second-order valence-electron chi connectivity index (χ2n) is 10.7. The van der Waals surface area contributed by atoms with Crippen molar-refractivity contribution in [2.45, 2.75) is 40.3 Å². The third kappa shape index (κ3) is 6.68. The molecule has 11 heteroatoms. The number of hydrogen-bond acceptors (Lipinski definition) is 8. The molecule has 0 aliphatic carbocycles. The molecule has 0 atom stereocenters. The first-order valence-electron chi connectivity index (χ1n) is 14.7. The van der Waals surface area contributed by atoms with Crippen LogP contribution < -0.4 is 21.7 Å². The summed E-state index contributed by atoms with van der Waals surface area (Å²) in [6.07, 6.45) is 2.60. The van der Waals surface area contributed by atoms with Crippen molar-refractivity contribution in [1.29, 1.82) is 0 Å². The van der Waals surface area contributed by atoms with Crippen LogP contribution in [-0.4, -0.2) is 39.2 Å². The molecular formula is C35H35N5O6. The Morgan fingerprint density at radius 3 is 2.26 bits per heavy atom. The fourth-order valence-corrected chi connectivity index (χ4v) is 5.14. The van der Waals surface area contributed by atoms with E-state index in [2.05, 4.69) is 15.3 Å². The van der Waals surface area contributed by atoms with Crippen LogP contribution in [0.3, 0.4) is 0 Å². The van der Waals surface area contributed by atoms with Gasteiger partial charge >= 0.3 is 11.4 Å². The summed E-state index contributed by atoms with van der Waals surface area (Å²) in [4.78, 5) is 47.1. The molecule has 0 saturated carbocycles. The highest BCUT2D eigenvalue weighted by Gasteiger charge is 2.19. The first kappa shape index (κ1) is 31.7. The predicted molar refractivity (Wildman–Crippen MR) is 177 cm³/mol. The fourth-order valence-electron chi connectivity index (χ4n) is 5.14. The number of oxime groups is 1. The third-order valence-corrected chi connectivity index (χ3v) is 7.84. The highest BCUT2D eigenvalue weighted by molar-refractivity contribution is 6.00. The molecule has 1 N–H and O–H groups in total. The van der Waals surface area contributed by atoms with Gasteiger partial charge in [0.2, 0.25) is 0 Å². The summed E-state index contributed by atoms with van der Waals surface area (Å²) in [6.45, 7) is 5.90. The summed E-state index contributed by atoms with van der Waals surface area (Å²) >= 11 is 0. The van der Waals surface area contributed by atoms with Crippen molar-refractivity contribution < 1.29 is 14.1 Å². The number of nitrogens with one attached hydrogen (secondary N) is 1. The van der Waals surface area contributed by atoms with Gasteiger partial charge in [-0.3, -0.25) is 23.4 Å². The van der Waals surface area contributed by atoms with E-state index >= 15 is 0 Å². The summed E-state index contributed by atoms with van der Waals surface area (Å²) in [7, 11) is 3.00. The van der Waals surface area contributed by atoms with Crippen LogP contribution in [0.5, 0.6) is 5.75 Å². The van der Waals surface area contributed by atoms with Crippen LogP contribution in [0.25, 0.3) is 28.6 Å². The van der Waals surface area contributed by atoms with Gasteiger partial charge in [0.1, 0.15) is 18.6 Å². The lowest BCUT2D eigenvalue weighted by molar-refractivity contribution is 0.212. The first-order chi connectivity index (χ1) is 22.2. The summed E-state index contributed by atoms with van der Waals surface area (Å²) < 4.78 is 12.8. The van der Waals surface area contributed by atoms with Gasteiger partial charge in [0.15, 0.2) is 5.82 Å². The molecule has 5 rings (SSSR count). The molecule has 0 aliphatic heterocycles. The van der Waals surface area contributed by atoms with Crippen molar-refractivity contribution in [2.75, 3.05) is 14.2 Å². The Balaban J connectivity index is 1.55. The van der Waals surface area contributed by atoms with E-state index < -0.39 is 17.0 Å². The number of aromatic amines is 1. The van der Waals surface area contributed by atoms with Crippen molar-refractivity contribution in [3.05, 3.63) is 132 Å². The van der Waals surface area contributed by atoms with Crippen molar-refractivity contribution in [3.8, 4) is 28.3 Å².